The van der Waals surface area contributed by atoms with Crippen molar-refractivity contribution in [2.75, 3.05) is 5.32 Å². The van der Waals surface area contributed by atoms with E-state index in [9.17, 15) is 14.9 Å². The van der Waals surface area contributed by atoms with Crippen molar-refractivity contribution >= 4 is 17.3 Å². The zero-order chi connectivity index (χ0) is 15.9. The molecule has 0 atom stereocenters. The van der Waals surface area contributed by atoms with Gasteiger partial charge >= 0.3 is 0 Å². The van der Waals surface area contributed by atoms with Crippen LogP contribution in [-0.4, -0.2) is 10.8 Å². The Hall–Kier alpha value is -2.69. The zero-order valence-electron chi connectivity index (χ0n) is 12.4. The average Bonchev–Trinajstić information content (AvgIpc) is 2.50. The lowest BCUT2D eigenvalue weighted by atomic mass is 10.1. The van der Waals surface area contributed by atoms with Gasteiger partial charge in [-0.15, -0.1) is 0 Å². The molecule has 1 amide bonds. The first-order valence-electron chi connectivity index (χ1n) is 7.15. The number of benzene rings is 2. The van der Waals surface area contributed by atoms with Gasteiger partial charge in [0.15, 0.2) is 0 Å². The standard InChI is InChI=1S/C17H18N2O3/c1-13-10-11-15(12-16(13)19(21)22)18-17(20)9-5-8-14-6-3-2-4-7-14/h2-4,6-7,10-12H,5,8-9H2,1H3,(H,18,20). The molecular formula is C17H18N2O3. The fourth-order valence-corrected chi connectivity index (χ4v) is 2.21. The van der Waals surface area contributed by atoms with Crippen molar-refractivity contribution in [1.82, 2.24) is 0 Å². The number of anilines is 1. The largest absolute Gasteiger partial charge is 0.326 e. The quantitative estimate of drug-likeness (QED) is 0.650. The zero-order valence-corrected chi connectivity index (χ0v) is 12.4. The third kappa shape index (κ3) is 4.41. The number of nitrogens with one attached hydrogen (secondary N) is 1. The van der Waals surface area contributed by atoms with E-state index in [0.29, 0.717) is 17.7 Å². The molecule has 0 radical (unpaired) electrons. The first-order chi connectivity index (χ1) is 10.6. The first-order valence-corrected chi connectivity index (χ1v) is 7.15. The highest BCUT2D eigenvalue weighted by atomic mass is 16.6. The monoisotopic (exact) mass is 298 g/mol. The fraction of sp³-hybridized carbons (Fsp3) is 0.235. The molecule has 0 aromatic heterocycles. The maximum atomic E-state index is 11.9. The Kier molecular flexibility index (Phi) is 5.25. The van der Waals surface area contributed by atoms with Crippen LogP contribution in [0.1, 0.15) is 24.0 Å². The lowest BCUT2D eigenvalue weighted by molar-refractivity contribution is -0.385. The number of hydrogen-bond acceptors (Lipinski definition) is 3. The van der Waals surface area contributed by atoms with Crippen molar-refractivity contribution in [1.29, 1.82) is 0 Å². The molecule has 2 aromatic carbocycles. The summed E-state index contributed by atoms with van der Waals surface area (Å²) in [4.78, 5) is 22.3. The normalized spacial score (nSPS) is 10.2. The second-order valence-corrected chi connectivity index (χ2v) is 5.15. The van der Waals surface area contributed by atoms with Gasteiger partial charge in [-0.2, -0.15) is 0 Å². The van der Waals surface area contributed by atoms with Crippen LogP contribution in [0.15, 0.2) is 48.5 Å². The van der Waals surface area contributed by atoms with Gasteiger partial charge in [0, 0.05) is 23.7 Å². The Bertz CT molecular complexity index is 669. The summed E-state index contributed by atoms with van der Waals surface area (Å²) < 4.78 is 0. The number of nitro groups is 1. The molecule has 0 heterocycles. The molecule has 0 spiro atoms. The van der Waals surface area contributed by atoms with Crippen molar-refractivity contribution in [3.63, 3.8) is 0 Å². The maximum absolute atomic E-state index is 11.9. The topological polar surface area (TPSA) is 72.2 Å². The summed E-state index contributed by atoms with van der Waals surface area (Å²) in [6.07, 6.45) is 1.96. The van der Waals surface area contributed by atoms with E-state index in [2.05, 4.69) is 5.32 Å². The molecule has 0 aliphatic heterocycles. The van der Waals surface area contributed by atoms with Gasteiger partial charge in [-0.05, 0) is 31.4 Å². The van der Waals surface area contributed by atoms with E-state index in [4.69, 9.17) is 0 Å². The Balaban J connectivity index is 1.87. The van der Waals surface area contributed by atoms with Crippen LogP contribution in [0.25, 0.3) is 0 Å². The molecule has 1 N–H and O–H groups in total. The predicted molar refractivity (Wildman–Crippen MR) is 85.8 cm³/mol. The van der Waals surface area contributed by atoms with Crippen LogP contribution in [0.5, 0.6) is 0 Å². The minimum absolute atomic E-state index is 0.0158. The molecule has 2 aromatic rings. The molecule has 0 fully saturated rings. The minimum atomic E-state index is -0.444. The molecule has 0 saturated heterocycles. The van der Waals surface area contributed by atoms with Gasteiger partial charge in [-0.25, -0.2) is 0 Å². The van der Waals surface area contributed by atoms with Gasteiger partial charge in [-0.1, -0.05) is 36.4 Å². The van der Waals surface area contributed by atoms with E-state index < -0.39 is 4.92 Å². The first kappa shape index (κ1) is 15.7. The molecular weight excluding hydrogens is 280 g/mol. The molecule has 0 bridgehead atoms. The third-order valence-electron chi connectivity index (χ3n) is 3.40. The van der Waals surface area contributed by atoms with Crippen molar-refractivity contribution in [3.05, 3.63) is 69.8 Å². The van der Waals surface area contributed by atoms with Crippen LogP contribution in [0.4, 0.5) is 11.4 Å². The van der Waals surface area contributed by atoms with E-state index in [1.54, 1.807) is 19.1 Å². The van der Waals surface area contributed by atoms with Crippen molar-refractivity contribution < 1.29 is 9.72 Å². The highest BCUT2D eigenvalue weighted by Gasteiger charge is 2.12. The molecule has 5 nitrogen and oxygen atoms in total. The summed E-state index contributed by atoms with van der Waals surface area (Å²) >= 11 is 0. The minimum Gasteiger partial charge on any atom is -0.326 e. The van der Waals surface area contributed by atoms with Gasteiger partial charge in [0.1, 0.15) is 0 Å². The number of hydrogen-bond donors (Lipinski definition) is 1. The molecule has 0 aliphatic rings. The fourth-order valence-electron chi connectivity index (χ4n) is 2.21. The molecule has 0 aliphatic carbocycles. The number of carbonyl (C=O) groups excluding carboxylic acids is 1. The number of nitrogens with zero attached hydrogens (tertiary/aromatic N) is 1. The van der Waals surface area contributed by atoms with Crippen LogP contribution < -0.4 is 5.32 Å². The Labute approximate surface area is 129 Å². The van der Waals surface area contributed by atoms with E-state index in [-0.39, 0.29) is 11.6 Å². The van der Waals surface area contributed by atoms with Gasteiger partial charge in [-0.3, -0.25) is 14.9 Å². The van der Waals surface area contributed by atoms with Crippen molar-refractivity contribution in [2.45, 2.75) is 26.2 Å². The molecule has 0 unspecified atom stereocenters. The van der Waals surface area contributed by atoms with E-state index in [1.165, 1.54) is 11.6 Å². The van der Waals surface area contributed by atoms with Crippen LogP contribution in [0.3, 0.4) is 0 Å². The summed E-state index contributed by atoms with van der Waals surface area (Å²) in [6.45, 7) is 1.67. The summed E-state index contributed by atoms with van der Waals surface area (Å²) in [5.41, 5.74) is 2.25. The van der Waals surface area contributed by atoms with Crippen LogP contribution >= 0.6 is 0 Å². The number of amides is 1. The lowest BCUT2D eigenvalue weighted by Gasteiger charge is -2.06. The summed E-state index contributed by atoms with van der Waals surface area (Å²) in [5, 5.41) is 13.6. The third-order valence-corrected chi connectivity index (χ3v) is 3.40. The predicted octanol–water partition coefficient (Wildman–Crippen LogP) is 3.86. The van der Waals surface area contributed by atoms with Gasteiger partial charge in [0.2, 0.25) is 5.91 Å². The van der Waals surface area contributed by atoms with E-state index in [1.807, 2.05) is 30.3 Å². The van der Waals surface area contributed by atoms with Gasteiger partial charge in [0.05, 0.1) is 4.92 Å². The van der Waals surface area contributed by atoms with Crippen molar-refractivity contribution in [2.24, 2.45) is 0 Å². The SMILES string of the molecule is Cc1ccc(NC(=O)CCCc2ccccc2)cc1[N+](=O)[O-]. The van der Waals surface area contributed by atoms with Gasteiger partial charge in [0.25, 0.3) is 5.69 Å². The van der Waals surface area contributed by atoms with Crippen LogP contribution in [0.2, 0.25) is 0 Å². The second-order valence-electron chi connectivity index (χ2n) is 5.15. The maximum Gasteiger partial charge on any atom is 0.274 e. The van der Waals surface area contributed by atoms with E-state index in [0.717, 1.165) is 12.8 Å². The highest BCUT2D eigenvalue weighted by molar-refractivity contribution is 5.91. The van der Waals surface area contributed by atoms with Crippen molar-refractivity contribution in [3.8, 4) is 0 Å². The summed E-state index contributed by atoms with van der Waals surface area (Å²) in [7, 11) is 0. The lowest BCUT2D eigenvalue weighted by Crippen LogP contribution is -2.11. The number of aryl methyl sites for hydroxylation is 2. The molecule has 0 saturated carbocycles. The smallest absolute Gasteiger partial charge is 0.274 e. The molecule has 22 heavy (non-hydrogen) atoms. The Morgan fingerprint density at radius 2 is 1.91 bits per heavy atom. The van der Waals surface area contributed by atoms with E-state index >= 15 is 0 Å². The number of carbonyl (C=O) groups is 1. The van der Waals surface area contributed by atoms with Crippen LogP contribution in [-0.2, 0) is 11.2 Å². The highest BCUT2D eigenvalue weighted by Crippen LogP contribution is 2.22. The molecule has 5 heteroatoms. The summed E-state index contributed by atoms with van der Waals surface area (Å²) in [6, 6.07) is 14.7. The Morgan fingerprint density at radius 1 is 1.18 bits per heavy atom. The number of nitro benzene ring substituents is 1. The summed E-state index contributed by atoms with van der Waals surface area (Å²) in [5.74, 6) is -0.130. The average molecular weight is 298 g/mol. The van der Waals surface area contributed by atoms with Crippen LogP contribution in [0, 0.1) is 17.0 Å². The second kappa shape index (κ2) is 7.36. The molecule has 114 valence electrons. The van der Waals surface area contributed by atoms with Gasteiger partial charge < -0.3 is 5.32 Å². The molecule has 2 rings (SSSR count). The Morgan fingerprint density at radius 3 is 2.59 bits per heavy atom. The number of rotatable bonds is 6.